The average molecular weight is 366 g/mol. The third kappa shape index (κ3) is 3.48. The highest BCUT2D eigenvalue weighted by atomic mass is 16.3. The quantitative estimate of drug-likeness (QED) is 0.749. The second-order valence-corrected chi connectivity index (χ2v) is 6.83. The lowest BCUT2D eigenvalue weighted by atomic mass is 10.2. The van der Waals surface area contributed by atoms with Gasteiger partial charge >= 0.3 is 0 Å². The van der Waals surface area contributed by atoms with Crippen molar-refractivity contribution < 1.29 is 9.21 Å². The normalized spacial score (nSPS) is 15.4. The Kier molecular flexibility index (Phi) is 4.49. The Morgan fingerprint density at radius 2 is 1.96 bits per heavy atom. The Bertz CT molecular complexity index is 991. The number of nitrogens with zero attached hydrogens (tertiary/aromatic N) is 5. The van der Waals surface area contributed by atoms with Crippen LogP contribution in [0.15, 0.2) is 28.9 Å². The summed E-state index contributed by atoms with van der Waals surface area (Å²) in [6, 6.07) is 5.08. The van der Waals surface area contributed by atoms with Crippen molar-refractivity contribution in [1.29, 1.82) is 0 Å². The highest BCUT2D eigenvalue weighted by Crippen LogP contribution is 2.22. The Morgan fingerprint density at radius 3 is 2.70 bits per heavy atom. The second-order valence-electron chi connectivity index (χ2n) is 6.83. The molecule has 0 atom stereocenters. The van der Waals surface area contributed by atoms with Crippen molar-refractivity contribution in [2.45, 2.75) is 20.4 Å². The van der Waals surface area contributed by atoms with Gasteiger partial charge in [0.2, 0.25) is 11.8 Å². The first-order valence-electron chi connectivity index (χ1n) is 8.96. The fraction of sp³-hybridized carbons (Fsp3) is 0.368. The smallest absolute Gasteiger partial charge is 0.248 e. The van der Waals surface area contributed by atoms with Crippen LogP contribution >= 0.6 is 0 Å². The van der Waals surface area contributed by atoms with Crippen LogP contribution in [-0.2, 0) is 6.54 Å². The average Bonchev–Trinajstić information content (AvgIpc) is 3.06. The van der Waals surface area contributed by atoms with Gasteiger partial charge < -0.3 is 15.1 Å². The van der Waals surface area contributed by atoms with E-state index in [1.165, 1.54) is 0 Å². The molecule has 0 unspecified atom stereocenters. The van der Waals surface area contributed by atoms with Crippen molar-refractivity contribution in [3.63, 3.8) is 0 Å². The maximum atomic E-state index is 11.3. The molecule has 0 spiro atoms. The molecule has 27 heavy (non-hydrogen) atoms. The molecule has 0 bridgehead atoms. The molecule has 1 aliphatic heterocycles. The highest BCUT2D eigenvalue weighted by molar-refractivity contribution is 5.95. The molecule has 0 aliphatic carbocycles. The zero-order valence-electron chi connectivity index (χ0n) is 15.5. The lowest BCUT2D eigenvalue weighted by Gasteiger charge is -2.35. The number of piperazine rings is 1. The third-order valence-corrected chi connectivity index (χ3v) is 5.06. The monoisotopic (exact) mass is 366 g/mol. The molecule has 0 saturated carbocycles. The van der Waals surface area contributed by atoms with Crippen LogP contribution < -0.4 is 10.6 Å². The molecule has 8 heteroatoms. The van der Waals surface area contributed by atoms with Crippen molar-refractivity contribution in [1.82, 2.24) is 19.9 Å². The van der Waals surface area contributed by atoms with Crippen molar-refractivity contribution in [2.24, 2.45) is 5.73 Å². The van der Waals surface area contributed by atoms with Crippen molar-refractivity contribution in [2.75, 3.05) is 31.1 Å². The number of aryl methyl sites for hydroxylation is 1. The van der Waals surface area contributed by atoms with Crippen LogP contribution in [0.1, 0.15) is 27.5 Å². The number of carbonyl (C=O) groups excluding carboxylic acids is 1. The van der Waals surface area contributed by atoms with Crippen LogP contribution in [-0.4, -0.2) is 51.9 Å². The van der Waals surface area contributed by atoms with E-state index in [1.807, 2.05) is 6.92 Å². The van der Waals surface area contributed by atoms with Crippen molar-refractivity contribution in [3.05, 3.63) is 47.2 Å². The summed E-state index contributed by atoms with van der Waals surface area (Å²) < 4.78 is 5.81. The summed E-state index contributed by atoms with van der Waals surface area (Å²) in [6.07, 6.45) is 1.63. The standard InChI is InChI=1S/C19H22N6O2/c1-12-13(2)21-11-22-19(12)25-7-5-24(6-8-25)10-17-23-15-4-3-14(18(20)26)9-16(15)27-17/h3-4,9,11H,5-8,10H2,1-2H3,(H2,20,26). The minimum Gasteiger partial charge on any atom is -0.439 e. The first-order valence-corrected chi connectivity index (χ1v) is 8.96. The van der Waals surface area contributed by atoms with Crippen molar-refractivity contribution in [3.8, 4) is 0 Å². The van der Waals surface area contributed by atoms with Gasteiger partial charge in [0.1, 0.15) is 17.7 Å². The molecule has 1 amide bonds. The van der Waals surface area contributed by atoms with Crippen LogP contribution in [0.25, 0.3) is 11.1 Å². The Hall–Kier alpha value is -3.00. The number of amides is 1. The number of hydrogen-bond donors (Lipinski definition) is 1. The predicted molar refractivity (Wildman–Crippen MR) is 102 cm³/mol. The summed E-state index contributed by atoms with van der Waals surface area (Å²) in [4.78, 5) is 29.1. The van der Waals surface area contributed by atoms with E-state index in [0.717, 1.165) is 48.8 Å². The number of benzene rings is 1. The number of anilines is 1. The number of primary amides is 1. The number of rotatable bonds is 4. The lowest BCUT2D eigenvalue weighted by molar-refractivity contribution is 0.100. The fourth-order valence-electron chi connectivity index (χ4n) is 3.35. The van der Waals surface area contributed by atoms with Crippen LogP contribution in [0.3, 0.4) is 0 Å². The molecule has 3 aromatic rings. The number of nitrogens with two attached hydrogens (primary N) is 1. The number of oxazole rings is 1. The number of hydrogen-bond acceptors (Lipinski definition) is 7. The molecule has 2 N–H and O–H groups in total. The molecule has 3 heterocycles. The number of carbonyl (C=O) groups is 1. The zero-order chi connectivity index (χ0) is 19.0. The van der Waals surface area contributed by atoms with E-state index in [-0.39, 0.29) is 0 Å². The SMILES string of the molecule is Cc1ncnc(N2CCN(Cc3nc4ccc(C(N)=O)cc4o3)CC2)c1C. The third-order valence-electron chi connectivity index (χ3n) is 5.06. The van der Waals surface area contributed by atoms with Crippen LogP contribution in [0, 0.1) is 13.8 Å². The first-order chi connectivity index (χ1) is 13.0. The van der Waals surface area contributed by atoms with Gasteiger partial charge in [0, 0.05) is 43.0 Å². The number of aromatic nitrogens is 3. The molecular formula is C19H22N6O2. The lowest BCUT2D eigenvalue weighted by Crippen LogP contribution is -2.46. The molecular weight excluding hydrogens is 344 g/mol. The molecule has 140 valence electrons. The van der Waals surface area contributed by atoms with Gasteiger partial charge in [-0.15, -0.1) is 0 Å². The topological polar surface area (TPSA) is 101 Å². The Morgan fingerprint density at radius 1 is 1.19 bits per heavy atom. The molecule has 4 rings (SSSR count). The molecule has 8 nitrogen and oxygen atoms in total. The summed E-state index contributed by atoms with van der Waals surface area (Å²) in [7, 11) is 0. The maximum Gasteiger partial charge on any atom is 0.248 e. The highest BCUT2D eigenvalue weighted by Gasteiger charge is 2.21. The van der Waals surface area contributed by atoms with E-state index in [1.54, 1.807) is 24.5 Å². The van der Waals surface area contributed by atoms with E-state index >= 15 is 0 Å². The van der Waals surface area contributed by atoms with Crippen LogP contribution in [0.2, 0.25) is 0 Å². The molecule has 0 radical (unpaired) electrons. The van der Waals surface area contributed by atoms with E-state index in [4.69, 9.17) is 10.2 Å². The minimum atomic E-state index is -0.471. The summed E-state index contributed by atoms with van der Waals surface area (Å²) >= 11 is 0. The van der Waals surface area contributed by atoms with Crippen LogP contribution in [0.4, 0.5) is 5.82 Å². The van der Waals surface area contributed by atoms with Gasteiger partial charge in [-0.3, -0.25) is 9.69 Å². The molecule has 1 fully saturated rings. The van der Waals surface area contributed by atoms with Gasteiger partial charge in [-0.2, -0.15) is 0 Å². The van der Waals surface area contributed by atoms with Gasteiger partial charge in [-0.25, -0.2) is 15.0 Å². The Labute approximate surface area is 157 Å². The molecule has 1 saturated heterocycles. The van der Waals surface area contributed by atoms with Gasteiger partial charge in [-0.1, -0.05) is 0 Å². The van der Waals surface area contributed by atoms with E-state index in [9.17, 15) is 4.79 Å². The Balaban J connectivity index is 1.42. The molecule has 1 aromatic carbocycles. The molecule has 1 aliphatic rings. The predicted octanol–water partition coefficient (Wildman–Crippen LogP) is 1.66. The first kappa shape index (κ1) is 17.4. The largest absolute Gasteiger partial charge is 0.439 e. The van der Waals surface area contributed by atoms with Crippen molar-refractivity contribution >= 4 is 22.8 Å². The minimum absolute atomic E-state index is 0.425. The summed E-state index contributed by atoms with van der Waals surface area (Å²) in [5.41, 5.74) is 9.22. The van der Waals surface area contributed by atoms with Gasteiger partial charge in [0.15, 0.2) is 5.58 Å². The van der Waals surface area contributed by atoms with Gasteiger partial charge in [-0.05, 0) is 32.0 Å². The van der Waals surface area contributed by atoms with Gasteiger partial charge in [0.25, 0.3) is 0 Å². The zero-order valence-corrected chi connectivity index (χ0v) is 15.5. The van der Waals surface area contributed by atoms with Crippen LogP contribution in [0.5, 0.6) is 0 Å². The summed E-state index contributed by atoms with van der Waals surface area (Å²) in [5.74, 6) is 1.19. The summed E-state index contributed by atoms with van der Waals surface area (Å²) in [5, 5.41) is 0. The van der Waals surface area contributed by atoms with E-state index in [0.29, 0.717) is 23.6 Å². The van der Waals surface area contributed by atoms with E-state index in [2.05, 4.69) is 31.7 Å². The molecule has 2 aromatic heterocycles. The fourth-order valence-corrected chi connectivity index (χ4v) is 3.35. The van der Waals surface area contributed by atoms with E-state index < -0.39 is 5.91 Å². The number of fused-ring (bicyclic) bond motifs is 1. The summed E-state index contributed by atoms with van der Waals surface area (Å²) in [6.45, 7) is 8.29. The second kappa shape index (κ2) is 6.96. The maximum absolute atomic E-state index is 11.3. The van der Waals surface area contributed by atoms with Gasteiger partial charge in [0.05, 0.1) is 6.54 Å².